The van der Waals surface area contributed by atoms with Crippen LogP contribution < -0.4 is 4.74 Å². The van der Waals surface area contributed by atoms with Crippen molar-refractivity contribution in [2.45, 2.75) is 20.3 Å². The number of fused-ring (bicyclic) bond motifs is 1. The van der Waals surface area contributed by atoms with Crippen molar-refractivity contribution in [3.8, 4) is 27.7 Å². The maximum absolute atomic E-state index is 12.9. The molecule has 6 nitrogen and oxygen atoms in total. The quantitative estimate of drug-likeness (QED) is 0.394. The Bertz CT molecular complexity index is 1160. The van der Waals surface area contributed by atoms with Crippen molar-refractivity contribution in [3.63, 3.8) is 0 Å². The Morgan fingerprint density at radius 3 is 2.67 bits per heavy atom. The van der Waals surface area contributed by atoms with Crippen LogP contribution in [0.2, 0.25) is 0 Å². The molecule has 154 valence electrons. The van der Waals surface area contributed by atoms with Gasteiger partial charge in [-0.05, 0) is 55.8 Å². The fraction of sp³-hybridized carbons (Fsp3) is 0.261. The van der Waals surface area contributed by atoms with E-state index in [9.17, 15) is 4.79 Å². The average Bonchev–Trinajstić information content (AvgIpc) is 3.43. The molecule has 7 heteroatoms. The van der Waals surface area contributed by atoms with E-state index in [-0.39, 0.29) is 5.91 Å². The summed E-state index contributed by atoms with van der Waals surface area (Å²) < 4.78 is 10.7. The van der Waals surface area contributed by atoms with Crippen LogP contribution in [0.25, 0.3) is 32.9 Å². The van der Waals surface area contributed by atoms with Crippen LogP contribution in [0.1, 0.15) is 30.6 Å². The first-order valence-electron chi connectivity index (χ1n) is 9.93. The van der Waals surface area contributed by atoms with Crippen molar-refractivity contribution in [2.75, 3.05) is 20.2 Å². The molecule has 0 bridgehead atoms. The van der Waals surface area contributed by atoms with Crippen molar-refractivity contribution in [2.24, 2.45) is 0 Å². The molecular formula is C23H23N3O3S. The van der Waals surface area contributed by atoms with Gasteiger partial charge in [-0.15, -0.1) is 11.3 Å². The van der Waals surface area contributed by atoms with Gasteiger partial charge >= 0.3 is 0 Å². The van der Waals surface area contributed by atoms with Crippen LogP contribution in [0, 0.1) is 0 Å². The van der Waals surface area contributed by atoms with Gasteiger partial charge in [0.2, 0.25) is 0 Å². The third-order valence-electron chi connectivity index (χ3n) is 4.96. The topological polar surface area (TPSA) is 68.5 Å². The molecule has 0 saturated carbocycles. The summed E-state index contributed by atoms with van der Waals surface area (Å²) in [5.41, 5.74) is 3.66. The van der Waals surface area contributed by atoms with Crippen LogP contribution in [-0.2, 0) is 0 Å². The zero-order valence-corrected chi connectivity index (χ0v) is 18.0. The van der Waals surface area contributed by atoms with Crippen LogP contribution >= 0.6 is 11.3 Å². The standard InChI is InChI=1S/C23H23N3O3S/c1-4-12-26(5-2)23(27)16-8-11-20-18(13-16)21(25-29-20)19-14-30-22(24-19)15-6-9-17(28-3)10-7-15/h6-11,13-14H,4-5,12H2,1-3H3. The summed E-state index contributed by atoms with van der Waals surface area (Å²) in [5.74, 6) is 0.824. The number of thiazole rings is 1. The second kappa shape index (κ2) is 8.67. The Morgan fingerprint density at radius 1 is 1.17 bits per heavy atom. The lowest BCUT2D eigenvalue weighted by molar-refractivity contribution is 0.0764. The molecule has 30 heavy (non-hydrogen) atoms. The third kappa shape index (κ3) is 3.80. The second-order valence-electron chi connectivity index (χ2n) is 6.89. The number of hydrogen-bond acceptors (Lipinski definition) is 6. The van der Waals surface area contributed by atoms with Gasteiger partial charge in [-0.1, -0.05) is 12.1 Å². The van der Waals surface area contributed by atoms with E-state index in [1.54, 1.807) is 19.2 Å². The maximum atomic E-state index is 12.9. The predicted molar refractivity (Wildman–Crippen MR) is 119 cm³/mol. The fourth-order valence-electron chi connectivity index (χ4n) is 3.36. The second-order valence-corrected chi connectivity index (χ2v) is 7.75. The van der Waals surface area contributed by atoms with E-state index in [2.05, 4.69) is 12.1 Å². The van der Waals surface area contributed by atoms with Crippen LogP contribution in [0.15, 0.2) is 52.4 Å². The van der Waals surface area contributed by atoms with E-state index < -0.39 is 0 Å². The third-order valence-corrected chi connectivity index (χ3v) is 5.85. The van der Waals surface area contributed by atoms with Gasteiger partial charge in [0.15, 0.2) is 5.58 Å². The molecule has 0 N–H and O–H groups in total. The number of nitrogens with zero attached hydrogens (tertiary/aromatic N) is 3. The van der Waals surface area contributed by atoms with Gasteiger partial charge in [0.1, 0.15) is 22.1 Å². The van der Waals surface area contributed by atoms with E-state index in [4.69, 9.17) is 14.2 Å². The normalized spacial score (nSPS) is 11.0. The van der Waals surface area contributed by atoms with Crippen molar-refractivity contribution in [3.05, 3.63) is 53.4 Å². The Balaban J connectivity index is 1.68. The highest BCUT2D eigenvalue weighted by Crippen LogP contribution is 2.33. The highest BCUT2D eigenvalue weighted by molar-refractivity contribution is 7.13. The average molecular weight is 422 g/mol. The highest BCUT2D eigenvalue weighted by atomic mass is 32.1. The first kappa shape index (κ1) is 20.1. The number of benzene rings is 2. The summed E-state index contributed by atoms with van der Waals surface area (Å²) in [7, 11) is 1.65. The summed E-state index contributed by atoms with van der Waals surface area (Å²) >= 11 is 1.54. The van der Waals surface area contributed by atoms with Crippen LogP contribution in [-0.4, -0.2) is 41.1 Å². The van der Waals surface area contributed by atoms with Gasteiger partial charge in [0.05, 0.1) is 12.5 Å². The van der Waals surface area contributed by atoms with E-state index in [0.29, 0.717) is 23.4 Å². The number of carbonyl (C=O) groups excluding carboxylic acids is 1. The number of ether oxygens (including phenoxy) is 1. The molecule has 0 unspecified atom stereocenters. The predicted octanol–water partition coefficient (Wildman–Crippen LogP) is 5.50. The van der Waals surface area contributed by atoms with Crippen LogP contribution in [0.3, 0.4) is 0 Å². The fourth-order valence-corrected chi connectivity index (χ4v) is 4.17. The molecular weight excluding hydrogens is 398 g/mol. The molecule has 2 aromatic carbocycles. The van der Waals surface area contributed by atoms with Crippen molar-refractivity contribution >= 4 is 28.2 Å². The summed E-state index contributed by atoms with van der Waals surface area (Å²) in [5, 5.41) is 7.86. The SMILES string of the molecule is CCCN(CC)C(=O)c1ccc2onc(-c3csc(-c4ccc(OC)cc4)n3)c2c1. The van der Waals surface area contributed by atoms with Crippen molar-refractivity contribution < 1.29 is 14.1 Å². The van der Waals surface area contributed by atoms with Crippen molar-refractivity contribution in [1.29, 1.82) is 0 Å². The lowest BCUT2D eigenvalue weighted by atomic mass is 10.1. The van der Waals surface area contributed by atoms with Gasteiger partial charge < -0.3 is 14.2 Å². The van der Waals surface area contributed by atoms with Crippen molar-refractivity contribution in [1.82, 2.24) is 15.0 Å². The number of rotatable bonds is 7. The number of methoxy groups -OCH3 is 1. The molecule has 4 aromatic rings. The molecule has 0 aliphatic heterocycles. The number of amides is 1. The lowest BCUT2D eigenvalue weighted by Crippen LogP contribution is -2.31. The molecule has 0 aliphatic carbocycles. The largest absolute Gasteiger partial charge is 0.497 e. The minimum Gasteiger partial charge on any atom is -0.497 e. The number of carbonyl (C=O) groups is 1. The molecule has 0 fully saturated rings. The molecule has 0 saturated heterocycles. The number of hydrogen-bond donors (Lipinski definition) is 0. The summed E-state index contributed by atoms with van der Waals surface area (Å²) in [6, 6.07) is 13.2. The van der Waals surface area contributed by atoms with Crippen LogP contribution in [0.5, 0.6) is 5.75 Å². The Hall–Kier alpha value is -3.19. The van der Waals surface area contributed by atoms with E-state index in [1.807, 2.05) is 47.5 Å². The highest BCUT2D eigenvalue weighted by Gasteiger charge is 2.19. The van der Waals surface area contributed by atoms with E-state index in [0.717, 1.165) is 40.4 Å². The Kier molecular flexibility index (Phi) is 5.81. The van der Waals surface area contributed by atoms with E-state index in [1.165, 1.54) is 11.3 Å². The lowest BCUT2D eigenvalue weighted by Gasteiger charge is -2.20. The minimum absolute atomic E-state index is 0.0191. The summed E-state index contributed by atoms with van der Waals surface area (Å²) in [6.45, 7) is 5.48. The van der Waals surface area contributed by atoms with Gasteiger partial charge in [-0.2, -0.15) is 0 Å². The van der Waals surface area contributed by atoms with Crippen LogP contribution in [0.4, 0.5) is 0 Å². The monoisotopic (exact) mass is 421 g/mol. The molecule has 0 atom stereocenters. The van der Waals surface area contributed by atoms with Gasteiger partial charge in [-0.25, -0.2) is 4.98 Å². The zero-order chi connectivity index (χ0) is 21.1. The molecule has 2 heterocycles. The first-order chi connectivity index (χ1) is 14.6. The molecule has 0 radical (unpaired) electrons. The summed E-state index contributed by atoms with van der Waals surface area (Å²) in [4.78, 5) is 19.5. The molecule has 0 spiro atoms. The number of aromatic nitrogens is 2. The molecule has 2 aromatic heterocycles. The Labute approximate surface area is 179 Å². The zero-order valence-electron chi connectivity index (χ0n) is 17.2. The molecule has 0 aliphatic rings. The Morgan fingerprint density at radius 2 is 1.97 bits per heavy atom. The molecule has 4 rings (SSSR count). The first-order valence-corrected chi connectivity index (χ1v) is 10.8. The smallest absolute Gasteiger partial charge is 0.253 e. The van der Waals surface area contributed by atoms with Gasteiger partial charge in [0, 0.05) is 29.6 Å². The minimum atomic E-state index is 0.0191. The maximum Gasteiger partial charge on any atom is 0.253 e. The van der Waals surface area contributed by atoms with E-state index >= 15 is 0 Å². The summed E-state index contributed by atoms with van der Waals surface area (Å²) in [6.07, 6.45) is 0.924. The van der Waals surface area contributed by atoms with Gasteiger partial charge in [-0.3, -0.25) is 4.79 Å². The van der Waals surface area contributed by atoms with Gasteiger partial charge in [0.25, 0.3) is 5.91 Å². The molecule has 1 amide bonds.